The van der Waals surface area contributed by atoms with Crippen LogP contribution in [0.4, 0.5) is 0 Å². The predicted molar refractivity (Wildman–Crippen MR) is 211 cm³/mol. The fourth-order valence-corrected chi connectivity index (χ4v) is 8.19. The molecule has 2 rings (SSSR count). The van der Waals surface area contributed by atoms with Gasteiger partial charge >= 0.3 is 0 Å². The van der Waals surface area contributed by atoms with E-state index in [9.17, 15) is 13.0 Å². The molecule has 0 aliphatic carbocycles. The SMILES string of the molecule is CCCCCCCCCCCCCCCCCc1cc(S(=O)(=O)O)c2cccc(CCCCCCCCCCCCCCCCC)c2c1. The fraction of sp³-hybridized carbons (Fsp3) is 0.773. The van der Waals surface area contributed by atoms with Crippen LogP contribution in [-0.2, 0) is 23.0 Å². The lowest BCUT2D eigenvalue weighted by atomic mass is 9.95. The Kier molecular flexibility index (Phi) is 25.2. The first-order valence-corrected chi connectivity index (χ1v) is 22.4. The molecule has 0 spiro atoms. The molecule has 2 aromatic carbocycles. The fourth-order valence-electron chi connectivity index (χ4n) is 7.43. The molecule has 0 amide bonds. The van der Waals surface area contributed by atoms with E-state index in [1.165, 1.54) is 185 Å². The summed E-state index contributed by atoms with van der Waals surface area (Å²) in [7, 11) is -4.28. The summed E-state index contributed by atoms with van der Waals surface area (Å²) in [6, 6.07) is 9.88. The summed E-state index contributed by atoms with van der Waals surface area (Å²) in [6.45, 7) is 4.57. The third-order valence-corrected chi connectivity index (χ3v) is 11.4. The summed E-state index contributed by atoms with van der Waals surface area (Å²) < 4.78 is 34.9. The number of unbranched alkanes of at least 4 members (excludes halogenated alkanes) is 28. The van der Waals surface area contributed by atoms with Crippen LogP contribution in [0.15, 0.2) is 35.2 Å². The molecule has 4 heteroatoms. The summed E-state index contributed by atoms with van der Waals surface area (Å²) >= 11 is 0. The highest BCUT2D eigenvalue weighted by Gasteiger charge is 2.17. The number of hydrogen-bond donors (Lipinski definition) is 1. The first-order chi connectivity index (χ1) is 23.5. The topological polar surface area (TPSA) is 54.4 Å². The molecule has 0 saturated carbocycles. The molecule has 0 saturated heterocycles. The molecule has 2 aromatic rings. The zero-order valence-corrected chi connectivity index (χ0v) is 32.5. The van der Waals surface area contributed by atoms with E-state index in [1.807, 2.05) is 12.1 Å². The molecule has 0 unspecified atom stereocenters. The van der Waals surface area contributed by atoms with Crippen LogP contribution in [0.2, 0.25) is 0 Å². The summed E-state index contributed by atoms with van der Waals surface area (Å²) in [5.41, 5.74) is 2.25. The van der Waals surface area contributed by atoms with Gasteiger partial charge < -0.3 is 0 Å². The van der Waals surface area contributed by atoms with Crippen molar-refractivity contribution in [1.29, 1.82) is 0 Å². The van der Waals surface area contributed by atoms with Crippen LogP contribution in [0.25, 0.3) is 10.8 Å². The van der Waals surface area contributed by atoms with E-state index < -0.39 is 10.1 Å². The van der Waals surface area contributed by atoms with Gasteiger partial charge in [-0.15, -0.1) is 0 Å². The van der Waals surface area contributed by atoms with Crippen molar-refractivity contribution in [2.75, 3.05) is 0 Å². The Morgan fingerprint density at radius 2 is 0.792 bits per heavy atom. The van der Waals surface area contributed by atoms with Crippen molar-refractivity contribution in [1.82, 2.24) is 0 Å². The maximum absolute atomic E-state index is 12.4. The Hall–Kier alpha value is -1.39. The number of rotatable bonds is 33. The number of aryl methyl sites for hydroxylation is 2. The van der Waals surface area contributed by atoms with Crippen LogP contribution < -0.4 is 0 Å². The zero-order valence-electron chi connectivity index (χ0n) is 31.7. The van der Waals surface area contributed by atoms with Crippen LogP contribution in [0.3, 0.4) is 0 Å². The third-order valence-electron chi connectivity index (χ3n) is 10.5. The van der Waals surface area contributed by atoms with Crippen molar-refractivity contribution in [2.24, 2.45) is 0 Å². The minimum atomic E-state index is -4.28. The molecule has 3 nitrogen and oxygen atoms in total. The highest BCUT2D eigenvalue weighted by molar-refractivity contribution is 7.86. The van der Waals surface area contributed by atoms with Crippen LogP contribution in [0.1, 0.15) is 218 Å². The average Bonchev–Trinajstić information content (AvgIpc) is 3.07. The molecule has 48 heavy (non-hydrogen) atoms. The van der Waals surface area contributed by atoms with Gasteiger partial charge in [-0.05, 0) is 48.3 Å². The van der Waals surface area contributed by atoms with E-state index >= 15 is 0 Å². The van der Waals surface area contributed by atoms with E-state index in [0.29, 0.717) is 5.39 Å². The van der Waals surface area contributed by atoms with Gasteiger partial charge in [0, 0.05) is 5.39 Å². The van der Waals surface area contributed by atoms with Crippen molar-refractivity contribution in [3.63, 3.8) is 0 Å². The van der Waals surface area contributed by atoms with E-state index in [2.05, 4.69) is 26.0 Å². The minimum Gasteiger partial charge on any atom is -0.282 e. The number of hydrogen-bond acceptors (Lipinski definition) is 2. The van der Waals surface area contributed by atoms with Crippen LogP contribution in [0.5, 0.6) is 0 Å². The number of benzene rings is 2. The van der Waals surface area contributed by atoms with Gasteiger partial charge in [-0.3, -0.25) is 4.55 Å². The average molecular weight is 685 g/mol. The van der Waals surface area contributed by atoms with Crippen LogP contribution in [-0.4, -0.2) is 13.0 Å². The maximum Gasteiger partial charge on any atom is 0.295 e. The molecule has 276 valence electrons. The first kappa shape index (κ1) is 42.8. The lowest BCUT2D eigenvalue weighted by Gasteiger charge is -2.13. The predicted octanol–water partition coefficient (Wildman–Crippen LogP) is 14.9. The van der Waals surface area contributed by atoms with Crippen molar-refractivity contribution in [3.8, 4) is 0 Å². The molecule has 1 N–H and O–H groups in total. The highest BCUT2D eigenvalue weighted by Crippen LogP contribution is 2.30. The lowest BCUT2D eigenvalue weighted by molar-refractivity contribution is 0.484. The Bertz CT molecular complexity index is 1160. The van der Waals surface area contributed by atoms with Gasteiger partial charge in [0.25, 0.3) is 10.1 Å². The smallest absolute Gasteiger partial charge is 0.282 e. The normalized spacial score (nSPS) is 12.0. The lowest BCUT2D eigenvalue weighted by Crippen LogP contribution is -2.02. The third kappa shape index (κ3) is 20.3. The van der Waals surface area contributed by atoms with Gasteiger partial charge in [0.05, 0.1) is 0 Å². The van der Waals surface area contributed by atoms with Gasteiger partial charge in [0.1, 0.15) is 4.90 Å². The number of fused-ring (bicyclic) bond motifs is 1. The van der Waals surface area contributed by atoms with Crippen molar-refractivity contribution in [3.05, 3.63) is 41.5 Å². The molecule has 0 radical (unpaired) electrons. The Morgan fingerprint density at radius 1 is 0.438 bits per heavy atom. The second-order valence-corrected chi connectivity index (χ2v) is 16.4. The molecular formula is C44H76O3S. The van der Waals surface area contributed by atoms with Gasteiger partial charge in [-0.25, -0.2) is 0 Å². The zero-order chi connectivity index (χ0) is 34.5. The van der Waals surface area contributed by atoms with Crippen molar-refractivity contribution < 1.29 is 13.0 Å². The standard InChI is InChI=1S/C44H76O3S/c1-3-5-7-9-11-13-15-17-19-21-23-25-27-29-31-34-40-38-43-41(36-33-37-42(43)44(39-40)48(45,46)47)35-32-30-28-26-24-22-20-18-16-14-12-10-8-6-4-2/h33,36-39H,3-32,34-35H2,1-2H3,(H,45,46,47). The van der Waals surface area contributed by atoms with Gasteiger partial charge in [0.2, 0.25) is 0 Å². The van der Waals surface area contributed by atoms with E-state index in [0.717, 1.165) is 36.6 Å². The highest BCUT2D eigenvalue weighted by atomic mass is 32.2. The molecule has 0 heterocycles. The monoisotopic (exact) mass is 685 g/mol. The first-order valence-electron chi connectivity index (χ1n) is 21.0. The van der Waals surface area contributed by atoms with Gasteiger partial charge in [-0.2, -0.15) is 8.42 Å². The van der Waals surface area contributed by atoms with E-state index in [1.54, 1.807) is 6.07 Å². The molecule has 0 bridgehead atoms. The minimum absolute atomic E-state index is 0.0781. The molecule has 0 atom stereocenters. The summed E-state index contributed by atoms with van der Waals surface area (Å²) in [5.74, 6) is 0. The largest absolute Gasteiger partial charge is 0.295 e. The molecule has 0 fully saturated rings. The Morgan fingerprint density at radius 3 is 1.17 bits per heavy atom. The van der Waals surface area contributed by atoms with Gasteiger partial charge in [0.15, 0.2) is 0 Å². The van der Waals surface area contributed by atoms with Crippen molar-refractivity contribution in [2.45, 2.75) is 224 Å². The van der Waals surface area contributed by atoms with Gasteiger partial charge in [-0.1, -0.05) is 218 Å². The summed E-state index contributed by atoms with van der Waals surface area (Å²) in [5, 5.41) is 1.67. The quantitative estimate of drug-likeness (QED) is 0.0601. The van der Waals surface area contributed by atoms with Crippen LogP contribution >= 0.6 is 0 Å². The van der Waals surface area contributed by atoms with E-state index in [4.69, 9.17) is 0 Å². The van der Waals surface area contributed by atoms with E-state index in [-0.39, 0.29) is 4.90 Å². The maximum atomic E-state index is 12.4. The summed E-state index contributed by atoms with van der Waals surface area (Å²) in [6.07, 6.45) is 42.2. The molecular weight excluding hydrogens is 609 g/mol. The molecule has 0 aromatic heterocycles. The van der Waals surface area contributed by atoms with Crippen LogP contribution in [0, 0.1) is 0 Å². The molecule has 0 aliphatic rings. The van der Waals surface area contributed by atoms with Crippen molar-refractivity contribution >= 4 is 20.9 Å². The summed E-state index contributed by atoms with van der Waals surface area (Å²) in [4.78, 5) is 0.0781. The Balaban J connectivity index is 1.65. The Labute approximate surface area is 298 Å². The second-order valence-electron chi connectivity index (χ2n) is 15.0. The second kappa shape index (κ2) is 28.3. The molecule has 0 aliphatic heterocycles.